The van der Waals surface area contributed by atoms with Crippen molar-refractivity contribution >= 4 is 11.3 Å². The summed E-state index contributed by atoms with van der Waals surface area (Å²) in [5.74, 6) is 2.20. The summed E-state index contributed by atoms with van der Waals surface area (Å²) >= 11 is 1.68. The Balaban J connectivity index is 1.43. The standard InChI is InChI=1S/C17H24N4O2S/c1-3-22-11(2)17-18-13(10-24-17)9-21-8-4-5-14(21)15-19-16(23-20-15)12-6-7-12/h10-12,14H,3-9H2,1-2H3/t11-,14+/m0/s1. The smallest absolute Gasteiger partial charge is 0.229 e. The van der Waals surface area contributed by atoms with Crippen LogP contribution >= 0.6 is 11.3 Å². The summed E-state index contributed by atoms with van der Waals surface area (Å²) in [5, 5.41) is 7.44. The van der Waals surface area contributed by atoms with Gasteiger partial charge in [-0.3, -0.25) is 4.90 Å². The van der Waals surface area contributed by atoms with E-state index in [0.29, 0.717) is 12.5 Å². The molecule has 1 saturated heterocycles. The highest BCUT2D eigenvalue weighted by molar-refractivity contribution is 7.09. The number of hydrogen-bond donors (Lipinski definition) is 0. The monoisotopic (exact) mass is 348 g/mol. The fraction of sp³-hybridized carbons (Fsp3) is 0.706. The second-order valence-corrected chi connectivity index (χ2v) is 7.56. The molecule has 130 valence electrons. The fourth-order valence-electron chi connectivity index (χ4n) is 3.30. The minimum Gasteiger partial charge on any atom is -0.372 e. The lowest BCUT2D eigenvalue weighted by Gasteiger charge is -2.20. The Hall–Kier alpha value is -1.31. The van der Waals surface area contributed by atoms with Crippen molar-refractivity contribution in [2.24, 2.45) is 0 Å². The second-order valence-electron chi connectivity index (χ2n) is 6.67. The van der Waals surface area contributed by atoms with Gasteiger partial charge in [-0.1, -0.05) is 5.16 Å². The molecule has 2 aromatic heterocycles. The summed E-state index contributed by atoms with van der Waals surface area (Å²) in [4.78, 5) is 11.8. The predicted octanol–water partition coefficient (Wildman–Crippen LogP) is 3.84. The predicted molar refractivity (Wildman–Crippen MR) is 90.8 cm³/mol. The number of aromatic nitrogens is 3. The number of thiazole rings is 1. The van der Waals surface area contributed by atoms with Gasteiger partial charge in [0.25, 0.3) is 0 Å². The summed E-state index contributed by atoms with van der Waals surface area (Å²) < 4.78 is 11.1. The summed E-state index contributed by atoms with van der Waals surface area (Å²) in [6.45, 7) is 6.69. The number of likely N-dealkylation sites (tertiary alicyclic amines) is 1. The highest BCUT2D eigenvalue weighted by atomic mass is 32.1. The molecule has 2 atom stereocenters. The van der Waals surface area contributed by atoms with Crippen molar-refractivity contribution in [3.05, 3.63) is 27.8 Å². The van der Waals surface area contributed by atoms with Gasteiger partial charge in [-0.15, -0.1) is 11.3 Å². The van der Waals surface area contributed by atoms with Crippen LogP contribution in [-0.4, -0.2) is 33.2 Å². The Bertz CT molecular complexity index is 682. The lowest BCUT2D eigenvalue weighted by molar-refractivity contribution is 0.0760. The van der Waals surface area contributed by atoms with Crippen LogP contribution in [-0.2, 0) is 11.3 Å². The first kappa shape index (κ1) is 16.2. The van der Waals surface area contributed by atoms with Crippen molar-refractivity contribution in [2.45, 2.75) is 64.1 Å². The van der Waals surface area contributed by atoms with E-state index >= 15 is 0 Å². The van der Waals surface area contributed by atoms with Crippen LogP contribution in [0.5, 0.6) is 0 Å². The lowest BCUT2D eigenvalue weighted by Crippen LogP contribution is -2.23. The first-order valence-corrected chi connectivity index (χ1v) is 9.76. The number of rotatable bonds is 7. The highest BCUT2D eigenvalue weighted by Crippen LogP contribution is 2.40. The zero-order valence-electron chi connectivity index (χ0n) is 14.3. The summed E-state index contributed by atoms with van der Waals surface area (Å²) in [6, 6.07) is 0.260. The molecular weight excluding hydrogens is 324 g/mol. The average Bonchev–Trinajstić information content (AvgIpc) is 3.01. The van der Waals surface area contributed by atoms with Crippen LogP contribution in [0.3, 0.4) is 0 Å². The van der Waals surface area contributed by atoms with Gasteiger partial charge in [-0.05, 0) is 46.1 Å². The van der Waals surface area contributed by atoms with Gasteiger partial charge in [-0.2, -0.15) is 4.98 Å². The molecule has 0 aromatic carbocycles. The minimum absolute atomic E-state index is 0.0708. The second kappa shape index (κ2) is 6.90. The largest absolute Gasteiger partial charge is 0.372 e. The molecule has 0 amide bonds. The molecule has 1 aliphatic carbocycles. The SMILES string of the molecule is CCO[C@@H](C)c1nc(CN2CCC[C@@H]2c2noc(C3CC3)n2)cs1. The molecular formula is C17H24N4O2S. The lowest BCUT2D eigenvalue weighted by atomic mass is 10.2. The van der Waals surface area contributed by atoms with Crippen molar-refractivity contribution in [2.75, 3.05) is 13.2 Å². The molecule has 1 saturated carbocycles. The number of hydrogen-bond acceptors (Lipinski definition) is 7. The zero-order valence-corrected chi connectivity index (χ0v) is 15.1. The van der Waals surface area contributed by atoms with Gasteiger partial charge in [0.1, 0.15) is 11.1 Å². The molecule has 2 aliphatic rings. The van der Waals surface area contributed by atoms with Gasteiger partial charge in [0.05, 0.1) is 11.7 Å². The maximum Gasteiger partial charge on any atom is 0.229 e. The first-order valence-electron chi connectivity index (χ1n) is 8.88. The Morgan fingerprint density at radius 3 is 3.04 bits per heavy atom. The number of nitrogens with zero attached hydrogens (tertiary/aromatic N) is 4. The molecule has 0 N–H and O–H groups in total. The van der Waals surface area contributed by atoms with Gasteiger partial charge < -0.3 is 9.26 Å². The molecule has 0 bridgehead atoms. The van der Waals surface area contributed by atoms with E-state index in [2.05, 4.69) is 27.3 Å². The molecule has 0 radical (unpaired) electrons. The van der Waals surface area contributed by atoms with Crippen LogP contribution in [0.25, 0.3) is 0 Å². The normalized spacial score (nSPS) is 23.0. The van der Waals surface area contributed by atoms with Crippen LogP contribution in [0.4, 0.5) is 0 Å². The van der Waals surface area contributed by atoms with E-state index in [1.54, 1.807) is 11.3 Å². The van der Waals surface area contributed by atoms with Crippen LogP contribution in [0.15, 0.2) is 9.90 Å². The Morgan fingerprint density at radius 2 is 2.25 bits per heavy atom. The molecule has 3 heterocycles. The molecule has 7 heteroatoms. The van der Waals surface area contributed by atoms with E-state index < -0.39 is 0 Å². The molecule has 0 spiro atoms. The van der Waals surface area contributed by atoms with Crippen LogP contribution in [0, 0.1) is 0 Å². The van der Waals surface area contributed by atoms with E-state index in [4.69, 9.17) is 14.2 Å². The third-order valence-corrected chi connectivity index (χ3v) is 5.80. The molecule has 4 rings (SSSR count). The van der Waals surface area contributed by atoms with Gasteiger partial charge in [-0.25, -0.2) is 4.98 Å². The first-order chi connectivity index (χ1) is 11.7. The van der Waals surface area contributed by atoms with Gasteiger partial charge in [0, 0.05) is 24.4 Å². The van der Waals surface area contributed by atoms with Crippen LogP contribution in [0.2, 0.25) is 0 Å². The summed E-state index contributed by atoms with van der Waals surface area (Å²) in [7, 11) is 0. The van der Waals surface area contributed by atoms with Gasteiger partial charge >= 0.3 is 0 Å². The van der Waals surface area contributed by atoms with Gasteiger partial charge in [0.15, 0.2) is 5.82 Å². The molecule has 24 heavy (non-hydrogen) atoms. The number of ether oxygens (including phenoxy) is 1. The Morgan fingerprint density at radius 1 is 1.38 bits per heavy atom. The molecule has 1 aliphatic heterocycles. The fourth-order valence-corrected chi connectivity index (χ4v) is 4.11. The van der Waals surface area contributed by atoms with E-state index in [1.165, 1.54) is 19.3 Å². The zero-order chi connectivity index (χ0) is 16.5. The quantitative estimate of drug-likeness (QED) is 0.757. The van der Waals surface area contributed by atoms with E-state index in [9.17, 15) is 0 Å². The van der Waals surface area contributed by atoms with Crippen molar-refractivity contribution in [3.63, 3.8) is 0 Å². The van der Waals surface area contributed by atoms with E-state index in [-0.39, 0.29) is 12.1 Å². The third kappa shape index (κ3) is 3.38. The molecule has 2 aromatic rings. The highest BCUT2D eigenvalue weighted by Gasteiger charge is 2.34. The van der Waals surface area contributed by atoms with Gasteiger partial charge in [0.2, 0.25) is 5.89 Å². The molecule has 2 fully saturated rings. The molecule has 0 unspecified atom stereocenters. The Labute approximate surface area is 146 Å². The third-order valence-electron chi connectivity index (χ3n) is 4.74. The van der Waals surface area contributed by atoms with E-state index in [1.807, 2.05) is 6.92 Å². The van der Waals surface area contributed by atoms with Crippen molar-refractivity contribution in [3.8, 4) is 0 Å². The van der Waals surface area contributed by atoms with Crippen molar-refractivity contribution in [1.82, 2.24) is 20.0 Å². The molecule has 6 nitrogen and oxygen atoms in total. The summed E-state index contributed by atoms with van der Waals surface area (Å²) in [5.41, 5.74) is 1.11. The van der Waals surface area contributed by atoms with Crippen LogP contribution < -0.4 is 0 Å². The maximum atomic E-state index is 5.63. The Kier molecular flexibility index (Phi) is 4.65. The van der Waals surface area contributed by atoms with Crippen LogP contribution in [0.1, 0.15) is 80.0 Å². The van der Waals surface area contributed by atoms with E-state index in [0.717, 1.165) is 41.9 Å². The minimum atomic E-state index is 0.0708. The maximum absolute atomic E-state index is 5.63. The van der Waals surface area contributed by atoms with Crippen molar-refractivity contribution < 1.29 is 9.26 Å². The topological polar surface area (TPSA) is 64.3 Å². The average molecular weight is 348 g/mol. The van der Waals surface area contributed by atoms with Crippen molar-refractivity contribution in [1.29, 1.82) is 0 Å². The summed E-state index contributed by atoms with van der Waals surface area (Å²) in [6.07, 6.45) is 4.72.